The van der Waals surface area contributed by atoms with Crippen LogP contribution in [-0.4, -0.2) is 94.3 Å². The van der Waals surface area contributed by atoms with E-state index in [2.05, 4.69) is 10.1 Å². The molecule has 232 valence electrons. The minimum absolute atomic E-state index is 0.0192. The normalized spacial score (nSPS) is 23.6. The second kappa shape index (κ2) is 10.1. The summed E-state index contributed by atoms with van der Waals surface area (Å²) in [5, 5.41) is 69.9. The number of fused-ring (bicyclic) bond motifs is 10. The Labute approximate surface area is 258 Å². The van der Waals surface area contributed by atoms with Crippen LogP contribution < -0.4 is 0 Å². The van der Waals surface area contributed by atoms with Crippen molar-refractivity contribution in [3.8, 4) is 11.5 Å². The van der Waals surface area contributed by atoms with Crippen molar-refractivity contribution in [2.75, 3.05) is 6.61 Å². The van der Waals surface area contributed by atoms with E-state index < -0.39 is 49.1 Å². The molecule has 1 fully saturated rings. The monoisotopic (exact) mass is 622 g/mol. The number of aromatic hydroxyl groups is 2. The number of imide groups is 1. The Kier molecular flexibility index (Phi) is 6.19. The van der Waals surface area contributed by atoms with E-state index in [0.717, 1.165) is 5.01 Å². The first-order valence-corrected chi connectivity index (χ1v) is 14.4. The third-order valence-corrected chi connectivity index (χ3v) is 8.81. The van der Waals surface area contributed by atoms with Gasteiger partial charge in [0.25, 0.3) is 11.8 Å². The Morgan fingerprint density at radius 3 is 2.22 bits per heavy atom. The zero-order valence-corrected chi connectivity index (χ0v) is 23.8. The van der Waals surface area contributed by atoms with Gasteiger partial charge in [-0.1, -0.05) is 30.3 Å². The van der Waals surface area contributed by atoms with Gasteiger partial charge in [0.1, 0.15) is 35.9 Å². The molecule has 0 aliphatic carbocycles. The van der Waals surface area contributed by atoms with E-state index in [1.807, 2.05) is 6.07 Å². The highest BCUT2D eigenvalue weighted by molar-refractivity contribution is 6.39. The van der Waals surface area contributed by atoms with E-state index in [0.29, 0.717) is 32.8 Å². The molecule has 0 bridgehead atoms. The zero-order valence-electron chi connectivity index (χ0n) is 23.8. The number of hydrogen-bond donors (Lipinski definition) is 7. The third-order valence-electron chi connectivity index (χ3n) is 8.81. The predicted molar refractivity (Wildman–Crippen MR) is 166 cm³/mol. The lowest BCUT2D eigenvalue weighted by atomic mass is 9.96. The van der Waals surface area contributed by atoms with Crippen LogP contribution in [0.2, 0.25) is 0 Å². The highest BCUT2D eigenvalue weighted by atomic mass is 16.6. The first-order valence-electron chi connectivity index (χ1n) is 14.4. The number of H-pyrrole nitrogens is 1. The van der Waals surface area contributed by atoms with Crippen LogP contribution in [-0.2, 0) is 4.74 Å². The Hall–Kier alpha value is -5.31. The Bertz CT molecular complexity index is 2270. The molecule has 8 rings (SSSR count). The number of rotatable bonds is 4. The van der Waals surface area contributed by atoms with Gasteiger partial charge in [0.15, 0.2) is 6.23 Å². The number of aliphatic hydroxyl groups excluding tert-OH is 4. The summed E-state index contributed by atoms with van der Waals surface area (Å²) in [7, 11) is 0. The van der Waals surface area contributed by atoms with Gasteiger partial charge < -0.3 is 44.9 Å². The fraction of sp³-hybridized carbons (Fsp3) is 0.182. The van der Waals surface area contributed by atoms with E-state index in [1.54, 1.807) is 36.4 Å². The number of carbonyl (C=O) groups is 2. The van der Waals surface area contributed by atoms with Gasteiger partial charge in [0.2, 0.25) is 0 Å². The van der Waals surface area contributed by atoms with Crippen molar-refractivity contribution in [3.63, 3.8) is 0 Å². The van der Waals surface area contributed by atoms with Crippen molar-refractivity contribution in [1.29, 1.82) is 0 Å². The average Bonchev–Trinajstić information content (AvgIpc) is 3.66. The standard InChI is InChI=1S/C33H26N4O9/c38-13-21-28(41)29(42)30(43)33(46-21)36-20-11-16(40)7-9-18(20)23-25-24(22-17-8-6-15(39)10-19(17)35-26(22)27(23)36)31(44)37(32(25)45)34-12-14-4-2-1-3-5-14/h1-12,21,28-30,33,35,38-43H,13H2/b34-12+/t21-,28-,29+,30-,33-/m1/s1. The van der Waals surface area contributed by atoms with Crippen LogP contribution in [0.1, 0.15) is 32.5 Å². The van der Waals surface area contributed by atoms with Gasteiger partial charge in [0.05, 0.1) is 46.0 Å². The summed E-state index contributed by atoms with van der Waals surface area (Å²) in [6.45, 7) is -0.679. The first-order chi connectivity index (χ1) is 22.2. The third kappa shape index (κ3) is 3.84. The lowest BCUT2D eigenvalue weighted by Crippen LogP contribution is -2.56. The zero-order chi connectivity index (χ0) is 32.0. The van der Waals surface area contributed by atoms with Gasteiger partial charge in [-0.05, 0) is 29.8 Å². The second-order valence-corrected chi connectivity index (χ2v) is 11.4. The Balaban J connectivity index is 1.50. The maximum Gasteiger partial charge on any atom is 0.283 e. The van der Waals surface area contributed by atoms with Crippen LogP contribution in [0.25, 0.3) is 43.6 Å². The number of hydrogen-bond acceptors (Lipinski definition) is 10. The van der Waals surface area contributed by atoms with Gasteiger partial charge in [0, 0.05) is 33.7 Å². The van der Waals surface area contributed by atoms with E-state index >= 15 is 0 Å². The van der Waals surface area contributed by atoms with Crippen molar-refractivity contribution in [2.45, 2.75) is 30.6 Å². The number of hydrazone groups is 1. The van der Waals surface area contributed by atoms with Gasteiger partial charge in [-0.15, -0.1) is 0 Å². The van der Waals surface area contributed by atoms with Crippen LogP contribution in [0.15, 0.2) is 71.8 Å². The maximum absolute atomic E-state index is 14.2. The maximum atomic E-state index is 14.2. The highest BCUT2D eigenvalue weighted by Gasteiger charge is 2.47. The summed E-state index contributed by atoms with van der Waals surface area (Å²) in [4.78, 5) is 31.6. The number of carbonyl (C=O) groups excluding carboxylic acids is 2. The molecule has 13 heteroatoms. The Morgan fingerprint density at radius 1 is 0.826 bits per heavy atom. The first kappa shape index (κ1) is 28.2. The molecule has 2 aliphatic heterocycles. The number of benzene rings is 4. The highest BCUT2D eigenvalue weighted by Crippen LogP contribution is 2.48. The van der Waals surface area contributed by atoms with Gasteiger partial charge in [-0.3, -0.25) is 9.59 Å². The molecule has 1 saturated heterocycles. The van der Waals surface area contributed by atoms with Crippen LogP contribution in [0.4, 0.5) is 0 Å². The fourth-order valence-corrected chi connectivity index (χ4v) is 6.73. The predicted octanol–water partition coefficient (Wildman–Crippen LogP) is 2.44. The summed E-state index contributed by atoms with van der Waals surface area (Å²) in [6, 6.07) is 17.8. The molecule has 0 radical (unpaired) electrons. The molecule has 4 aromatic carbocycles. The van der Waals surface area contributed by atoms with Gasteiger partial charge >= 0.3 is 0 Å². The minimum atomic E-state index is -1.73. The molecule has 7 N–H and O–H groups in total. The van der Waals surface area contributed by atoms with Gasteiger partial charge in [-0.2, -0.15) is 10.1 Å². The number of ether oxygens (including phenoxy) is 1. The topological polar surface area (TPSA) is 201 Å². The molecular weight excluding hydrogens is 596 g/mol. The van der Waals surface area contributed by atoms with E-state index in [-0.39, 0.29) is 39.0 Å². The minimum Gasteiger partial charge on any atom is -0.508 e. The number of nitrogens with zero attached hydrogens (tertiary/aromatic N) is 3. The molecule has 13 nitrogen and oxygen atoms in total. The summed E-state index contributed by atoms with van der Waals surface area (Å²) >= 11 is 0. The summed E-state index contributed by atoms with van der Waals surface area (Å²) in [5.41, 5.74) is 2.04. The van der Waals surface area contributed by atoms with Crippen LogP contribution in [0.3, 0.4) is 0 Å². The van der Waals surface area contributed by atoms with E-state index in [4.69, 9.17) is 4.74 Å². The molecule has 0 spiro atoms. The van der Waals surface area contributed by atoms with Crippen LogP contribution in [0, 0.1) is 0 Å². The molecule has 4 heterocycles. The summed E-state index contributed by atoms with van der Waals surface area (Å²) in [6.07, 6.45) is -6.37. The molecule has 2 amide bonds. The summed E-state index contributed by atoms with van der Waals surface area (Å²) < 4.78 is 7.45. The molecule has 0 unspecified atom stereocenters. The molecule has 0 saturated carbocycles. The lowest BCUT2D eigenvalue weighted by molar-refractivity contribution is -0.249. The SMILES string of the molecule is O=C1c2c(c3c4ccc(O)cc4n([C@@H]4O[C@H](CO)[C@@H](O)[C@H](O)[C@H]4O)c3c3[nH]c4cc(O)ccc4c23)C(=O)N1/N=C/c1ccccc1. The lowest BCUT2D eigenvalue weighted by Gasteiger charge is -2.41. The molecule has 5 atom stereocenters. The number of aromatic nitrogens is 2. The van der Waals surface area contributed by atoms with E-state index in [1.165, 1.54) is 35.0 Å². The molecule has 2 aromatic heterocycles. The van der Waals surface area contributed by atoms with Crippen molar-refractivity contribution in [3.05, 3.63) is 83.4 Å². The van der Waals surface area contributed by atoms with Crippen molar-refractivity contribution in [2.24, 2.45) is 5.10 Å². The number of phenolic OH excluding ortho intramolecular Hbond substituents is 2. The van der Waals surface area contributed by atoms with Crippen molar-refractivity contribution in [1.82, 2.24) is 14.6 Å². The number of amides is 2. The van der Waals surface area contributed by atoms with Crippen LogP contribution >= 0.6 is 0 Å². The number of aromatic amines is 1. The fourth-order valence-electron chi connectivity index (χ4n) is 6.73. The summed E-state index contributed by atoms with van der Waals surface area (Å²) in [5.74, 6) is -1.61. The average molecular weight is 623 g/mol. The van der Waals surface area contributed by atoms with Crippen LogP contribution in [0.5, 0.6) is 11.5 Å². The number of aliphatic hydroxyl groups is 4. The quantitative estimate of drug-likeness (QED) is 0.114. The number of phenols is 2. The molecule has 46 heavy (non-hydrogen) atoms. The molecular formula is C33H26N4O9. The molecule has 6 aromatic rings. The largest absolute Gasteiger partial charge is 0.508 e. The van der Waals surface area contributed by atoms with Crippen molar-refractivity contribution < 1.29 is 45.0 Å². The second-order valence-electron chi connectivity index (χ2n) is 11.4. The van der Waals surface area contributed by atoms with Gasteiger partial charge in [-0.25, -0.2) is 0 Å². The molecule has 2 aliphatic rings. The number of nitrogens with one attached hydrogen (secondary N) is 1. The van der Waals surface area contributed by atoms with E-state index in [9.17, 15) is 40.2 Å². The smallest absolute Gasteiger partial charge is 0.283 e. The van der Waals surface area contributed by atoms with Crippen molar-refractivity contribution >= 4 is 61.6 Å². The Morgan fingerprint density at radius 2 is 1.50 bits per heavy atom.